The summed E-state index contributed by atoms with van der Waals surface area (Å²) in [7, 11) is 0. The minimum absolute atomic E-state index is 0.0639. The Labute approximate surface area is 135 Å². The van der Waals surface area contributed by atoms with Crippen LogP contribution in [0.15, 0.2) is 18.2 Å². The van der Waals surface area contributed by atoms with Crippen LogP contribution in [-0.2, 0) is 0 Å². The SMILES string of the molecule is Nc1n[nH]c(C2CCN(C(=O)c3ccc(F)c(C(F)F)c3)CC2)n1. The number of nitrogens with one attached hydrogen (secondary N) is 1. The zero-order valence-electron chi connectivity index (χ0n) is 12.7. The van der Waals surface area contributed by atoms with E-state index in [1.54, 1.807) is 4.90 Å². The third-order valence-corrected chi connectivity index (χ3v) is 4.17. The van der Waals surface area contributed by atoms with Crippen LogP contribution in [0.4, 0.5) is 19.1 Å². The Hall–Kier alpha value is -2.58. The molecule has 6 nitrogen and oxygen atoms in total. The van der Waals surface area contributed by atoms with Crippen LogP contribution >= 0.6 is 0 Å². The summed E-state index contributed by atoms with van der Waals surface area (Å²) >= 11 is 0. The van der Waals surface area contributed by atoms with E-state index in [9.17, 15) is 18.0 Å². The van der Waals surface area contributed by atoms with Gasteiger partial charge in [-0.2, -0.15) is 4.98 Å². The molecule has 24 heavy (non-hydrogen) atoms. The van der Waals surface area contributed by atoms with Gasteiger partial charge in [-0.15, -0.1) is 5.10 Å². The molecule has 0 radical (unpaired) electrons. The smallest absolute Gasteiger partial charge is 0.266 e. The van der Waals surface area contributed by atoms with E-state index in [1.807, 2.05) is 0 Å². The number of aromatic nitrogens is 3. The average molecular weight is 339 g/mol. The van der Waals surface area contributed by atoms with Crippen molar-refractivity contribution in [3.63, 3.8) is 0 Å². The van der Waals surface area contributed by atoms with Crippen LogP contribution < -0.4 is 5.73 Å². The molecule has 3 N–H and O–H groups in total. The fourth-order valence-corrected chi connectivity index (χ4v) is 2.85. The number of hydrogen-bond acceptors (Lipinski definition) is 4. The van der Waals surface area contributed by atoms with Crippen molar-refractivity contribution in [2.24, 2.45) is 0 Å². The van der Waals surface area contributed by atoms with Crippen LogP contribution in [0.1, 0.15) is 46.9 Å². The standard InChI is InChI=1S/C15H16F3N5O/c16-11-2-1-9(7-10(11)12(17)18)14(24)23-5-3-8(4-6-23)13-20-15(19)22-21-13/h1-2,7-8,12H,3-6H2,(H3,19,20,21,22). The number of rotatable bonds is 3. The van der Waals surface area contributed by atoms with Crippen molar-refractivity contribution >= 4 is 11.9 Å². The monoisotopic (exact) mass is 339 g/mol. The summed E-state index contributed by atoms with van der Waals surface area (Å²) < 4.78 is 38.9. The lowest BCUT2D eigenvalue weighted by atomic mass is 9.95. The lowest BCUT2D eigenvalue weighted by Gasteiger charge is -2.31. The highest BCUT2D eigenvalue weighted by Crippen LogP contribution is 2.28. The minimum atomic E-state index is -2.96. The molecule has 2 heterocycles. The number of nitrogens with zero attached hydrogens (tertiary/aromatic N) is 3. The van der Waals surface area contributed by atoms with Crippen molar-refractivity contribution in [1.82, 2.24) is 20.1 Å². The Balaban J connectivity index is 1.68. The van der Waals surface area contributed by atoms with Gasteiger partial charge >= 0.3 is 0 Å². The molecule has 0 atom stereocenters. The van der Waals surface area contributed by atoms with Crippen molar-refractivity contribution < 1.29 is 18.0 Å². The zero-order chi connectivity index (χ0) is 17.3. The molecule has 2 aromatic rings. The van der Waals surface area contributed by atoms with E-state index < -0.39 is 17.8 Å². The van der Waals surface area contributed by atoms with Gasteiger partial charge < -0.3 is 10.6 Å². The Morgan fingerprint density at radius 1 is 1.33 bits per heavy atom. The number of nitrogens with two attached hydrogens (primary N) is 1. The third kappa shape index (κ3) is 3.19. The van der Waals surface area contributed by atoms with Gasteiger partial charge in [0.05, 0.1) is 5.56 Å². The third-order valence-electron chi connectivity index (χ3n) is 4.17. The van der Waals surface area contributed by atoms with Gasteiger partial charge in [-0.05, 0) is 31.0 Å². The number of piperidine rings is 1. The molecule has 0 unspecified atom stereocenters. The van der Waals surface area contributed by atoms with Crippen molar-refractivity contribution in [2.75, 3.05) is 18.8 Å². The van der Waals surface area contributed by atoms with Crippen molar-refractivity contribution in [1.29, 1.82) is 0 Å². The van der Waals surface area contributed by atoms with Gasteiger partial charge in [0.2, 0.25) is 5.95 Å². The molecular formula is C15H16F3N5O. The van der Waals surface area contributed by atoms with Crippen LogP contribution in [0.5, 0.6) is 0 Å². The molecule has 1 aromatic heterocycles. The average Bonchev–Trinajstić information content (AvgIpc) is 3.01. The lowest BCUT2D eigenvalue weighted by Crippen LogP contribution is -2.38. The number of amides is 1. The second-order valence-corrected chi connectivity index (χ2v) is 5.68. The van der Waals surface area contributed by atoms with Gasteiger partial charge in [-0.3, -0.25) is 9.89 Å². The van der Waals surface area contributed by atoms with Gasteiger partial charge in [-0.1, -0.05) is 0 Å². The second kappa shape index (κ2) is 6.50. The van der Waals surface area contributed by atoms with Gasteiger partial charge in [0, 0.05) is 24.6 Å². The Morgan fingerprint density at radius 3 is 2.62 bits per heavy atom. The summed E-state index contributed by atoms with van der Waals surface area (Å²) in [5, 5.41) is 6.55. The molecule has 1 saturated heterocycles. The van der Waals surface area contributed by atoms with Gasteiger partial charge in [0.1, 0.15) is 11.6 Å². The van der Waals surface area contributed by atoms with Crippen LogP contribution in [0.25, 0.3) is 0 Å². The topological polar surface area (TPSA) is 87.9 Å². The van der Waals surface area contributed by atoms with Gasteiger partial charge in [0.15, 0.2) is 0 Å². The van der Waals surface area contributed by atoms with Gasteiger partial charge in [0.25, 0.3) is 12.3 Å². The summed E-state index contributed by atoms with van der Waals surface area (Å²) in [5.41, 5.74) is 4.78. The quantitative estimate of drug-likeness (QED) is 0.899. The highest BCUT2D eigenvalue weighted by atomic mass is 19.3. The van der Waals surface area contributed by atoms with Crippen LogP contribution in [-0.4, -0.2) is 39.1 Å². The number of carbonyl (C=O) groups is 1. The Morgan fingerprint density at radius 2 is 2.04 bits per heavy atom. The molecule has 1 aliphatic heterocycles. The van der Waals surface area contributed by atoms with E-state index in [0.717, 1.165) is 12.1 Å². The number of anilines is 1. The van der Waals surface area contributed by atoms with E-state index in [4.69, 9.17) is 5.73 Å². The van der Waals surface area contributed by atoms with Crippen LogP contribution in [0, 0.1) is 5.82 Å². The van der Waals surface area contributed by atoms with E-state index in [2.05, 4.69) is 15.2 Å². The first-order valence-corrected chi connectivity index (χ1v) is 7.50. The van der Waals surface area contributed by atoms with Crippen molar-refractivity contribution in [3.8, 4) is 0 Å². The fourth-order valence-electron chi connectivity index (χ4n) is 2.85. The van der Waals surface area contributed by atoms with E-state index >= 15 is 0 Å². The molecular weight excluding hydrogens is 323 g/mol. The maximum Gasteiger partial charge on any atom is 0.266 e. The number of aromatic amines is 1. The summed E-state index contributed by atoms with van der Waals surface area (Å²) in [5.74, 6) is -0.421. The normalized spacial score (nSPS) is 15.9. The van der Waals surface area contributed by atoms with Crippen molar-refractivity contribution in [3.05, 3.63) is 41.0 Å². The molecule has 1 aromatic carbocycles. The molecule has 0 spiro atoms. The second-order valence-electron chi connectivity index (χ2n) is 5.68. The summed E-state index contributed by atoms with van der Waals surface area (Å²) in [6.45, 7) is 0.900. The predicted octanol–water partition coefficient (Wildman–Crippen LogP) is 2.48. The molecule has 0 saturated carbocycles. The maximum absolute atomic E-state index is 13.3. The predicted molar refractivity (Wildman–Crippen MR) is 80.0 cm³/mol. The highest BCUT2D eigenvalue weighted by molar-refractivity contribution is 5.94. The molecule has 128 valence electrons. The fraction of sp³-hybridized carbons (Fsp3) is 0.400. The van der Waals surface area contributed by atoms with E-state index in [-0.39, 0.29) is 23.3 Å². The number of carbonyl (C=O) groups excluding carboxylic acids is 1. The van der Waals surface area contributed by atoms with Crippen LogP contribution in [0.2, 0.25) is 0 Å². The number of H-pyrrole nitrogens is 1. The molecule has 1 fully saturated rings. The zero-order valence-corrected chi connectivity index (χ0v) is 12.7. The summed E-state index contributed by atoms with van der Waals surface area (Å²) in [6.07, 6.45) is -1.65. The van der Waals surface area contributed by atoms with Gasteiger partial charge in [-0.25, -0.2) is 13.2 Å². The lowest BCUT2D eigenvalue weighted by molar-refractivity contribution is 0.0710. The number of halogens is 3. The molecule has 1 aliphatic rings. The molecule has 3 rings (SSSR count). The molecule has 0 bridgehead atoms. The van der Waals surface area contributed by atoms with E-state index in [1.165, 1.54) is 6.07 Å². The largest absolute Gasteiger partial charge is 0.367 e. The van der Waals surface area contributed by atoms with Crippen molar-refractivity contribution in [2.45, 2.75) is 25.2 Å². The number of hydrogen-bond donors (Lipinski definition) is 2. The highest BCUT2D eigenvalue weighted by Gasteiger charge is 2.27. The number of nitrogen functional groups attached to an aromatic ring is 1. The summed E-state index contributed by atoms with van der Waals surface area (Å²) in [6, 6.07) is 3.05. The minimum Gasteiger partial charge on any atom is -0.367 e. The van der Waals surface area contributed by atoms with E-state index in [0.29, 0.717) is 31.8 Å². The first-order valence-electron chi connectivity index (χ1n) is 7.50. The molecule has 1 amide bonds. The molecule has 9 heteroatoms. The maximum atomic E-state index is 13.3. The first-order chi connectivity index (χ1) is 11.5. The number of alkyl halides is 2. The Bertz CT molecular complexity index is 740. The number of benzene rings is 1. The summed E-state index contributed by atoms with van der Waals surface area (Å²) in [4.78, 5) is 18.1. The first kappa shape index (κ1) is 16.3. The number of likely N-dealkylation sites (tertiary alicyclic amines) is 1. The Kier molecular flexibility index (Phi) is 4.41. The molecule has 0 aliphatic carbocycles. The van der Waals surface area contributed by atoms with Crippen LogP contribution in [0.3, 0.4) is 0 Å².